The normalized spacial score (nSPS) is 18.2. The highest BCUT2D eigenvalue weighted by Crippen LogP contribution is 2.32. The Balaban J connectivity index is 2.09. The summed E-state index contributed by atoms with van der Waals surface area (Å²) in [7, 11) is 0. The van der Waals surface area contributed by atoms with Crippen LogP contribution in [0.5, 0.6) is 11.5 Å². The van der Waals surface area contributed by atoms with Crippen LogP contribution >= 0.6 is 0 Å². The zero-order valence-corrected chi connectivity index (χ0v) is 9.14. The molecular formula is C12H14O4. The van der Waals surface area contributed by atoms with Crippen molar-refractivity contribution in [1.82, 2.24) is 0 Å². The van der Waals surface area contributed by atoms with Gasteiger partial charge in [-0.1, -0.05) is 0 Å². The number of rotatable bonds is 4. The lowest BCUT2D eigenvalue weighted by Gasteiger charge is -2.26. The molecule has 0 amide bonds. The molecule has 0 saturated carbocycles. The first-order chi connectivity index (χ1) is 7.83. The second-order valence-electron chi connectivity index (χ2n) is 3.53. The lowest BCUT2D eigenvalue weighted by molar-refractivity contribution is 0.0127. The maximum absolute atomic E-state index is 10.6. The van der Waals surface area contributed by atoms with E-state index < -0.39 is 0 Å². The van der Waals surface area contributed by atoms with Crippen LogP contribution in [0.25, 0.3) is 0 Å². The van der Waals surface area contributed by atoms with Gasteiger partial charge >= 0.3 is 0 Å². The van der Waals surface area contributed by atoms with E-state index in [1.54, 1.807) is 18.2 Å². The Bertz CT molecular complexity index is 375. The highest BCUT2D eigenvalue weighted by molar-refractivity contribution is 5.76. The predicted octanol–water partition coefficient (Wildman–Crippen LogP) is 1.68. The van der Waals surface area contributed by atoms with Crippen LogP contribution in [0.2, 0.25) is 0 Å². The van der Waals surface area contributed by atoms with Crippen molar-refractivity contribution >= 4 is 6.29 Å². The Kier molecular flexibility index (Phi) is 3.41. The van der Waals surface area contributed by atoms with Crippen molar-refractivity contribution in [1.29, 1.82) is 0 Å². The van der Waals surface area contributed by atoms with Crippen LogP contribution in [0.4, 0.5) is 0 Å². The van der Waals surface area contributed by atoms with Crippen molar-refractivity contribution in [3.8, 4) is 11.5 Å². The monoisotopic (exact) mass is 222 g/mol. The first kappa shape index (κ1) is 11.0. The number of carbonyl (C=O) groups is 1. The van der Waals surface area contributed by atoms with Gasteiger partial charge in [-0.25, -0.2) is 0 Å². The van der Waals surface area contributed by atoms with E-state index in [0.29, 0.717) is 36.9 Å². The quantitative estimate of drug-likeness (QED) is 0.727. The molecule has 1 aliphatic heterocycles. The largest absolute Gasteiger partial charge is 0.486 e. The van der Waals surface area contributed by atoms with E-state index in [9.17, 15) is 4.79 Å². The molecule has 1 heterocycles. The minimum atomic E-state index is -0.102. The van der Waals surface area contributed by atoms with Gasteiger partial charge in [0.15, 0.2) is 17.6 Å². The van der Waals surface area contributed by atoms with Crippen LogP contribution in [0, 0.1) is 0 Å². The van der Waals surface area contributed by atoms with Crippen molar-refractivity contribution in [2.45, 2.75) is 13.0 Å². The molecule has 0 saturated heterocycles. The third kappa shape index (κ3) is 2.33. The Labute approximate surface area is 94.1 Å². The average molecular weight is 222 g/mol. The first-order valence-corrected chi connectivity index (χ1v) is 5.30. The predicted molar refractivity (Wildman–Crippen MR) is 58.2 cm³/mol. The molecule has 0 spiro atoms. The molecule has 1 aromatic carbocycles. The van der Waals surface area contributed by atoms with E-state index in [1.807, 2.05) is 6.92 Å². The number of hydrogen-bond donors (Lipinski definition) is 0. The molecule has 1 atom stereocenters. The van der Waals surface area contributed by atoms with Gasteiger partial charge in [-0.05, 0) is 25.1 Å². The standard InChI is InChI=1S/C12H14O4/c1-2-14-7-10-8-15-11-4-3-9(6-13)5-12(11)16-10/h3-6,10H,2,7-8H2,1H3. The van der Waals surface area contributed by atoms with Crippen LogP contribution in [-0.2, 0) is 4.74 Å². The average Bonchev–Trinajstić information content (AvgIpc) is 2.35. The number of benzene rings is 1. The summed E-state index contributed by atoms with van der Waals surface area (Å²) in [5.74, 6) is 1.29. The molecule has 2 rings (SSSR count). The zero-order chi connectivity index (χ0) is 11.4. The molecule has 1 unspecified atom stereocenters. The molecule has 0 radical (unpaired) electrons. The fraction of sp³-hybridized carbons (Fsp3) is 0.417. The Morgan fingerprint density at radius 3 is 3.12 bits per heavy atom. The summed E-state index contributed by atoms with van der Waals surface area (Å²) in [5, 5.41) is 0. The van der Waals surface area contributed by atoms with Crippen molar-refractivity contribution in [2.24, 2.45) is 0 Å². The van der Waals surface area contributed by atoms with E-state index in [1.165, 1.54) is 0 Å². The maximum atomic E-state index is 10.6. The Morgan fingerprint density at radius 1 is 1.50 bits per heavy atom. The van der Waals surface area contributed by atoms with E-state index >= 15 is 0 Å². The lowest BCUT2D eigenvalue weighted by Crippen LogP contribution is -2.33. The van der Waals surface area contributed by atoms with Crippen molar-refractivity contribution < 1.29 is 19.0 Å². The summed E-state index contributed by atoms with van der Waals surface area (Å²) < 4.78 is 16.4. The van der Waals surface area contributed by atoms with E-state index in [-0.39, 0.29) is 6.10 Å². The molecule has 0 bridgehead atoms. The summed E-state index contributed by atoms with van der Waals surface area (Å²) in [4.78, 5) is 10.6. The minimum Gasteiger partial charge on any atom is -0.486 e. The molecule has 0 N–H and O–H groups in total. The summed E-state index contributed by atoms with van der Waals surface area (Å²) in [6, 6.07) is 5.13. The molecule has 86 valence electrons. The molecule has 1 aliphatic rings. The highest BCUT2D eigenvalue weighted by Gasteiger charge is 2.21. The number of carbonyl (C=O) groups excluding carboxylic acids is 1. The van der Waals surface area contributed by atoms with Crippen LogP contribution < -0.4 is 9.47 Å². The van der Waals surface area contributed by atoms with Crippen molar-refractivity contribution in [2.75, 3.05) is 19.8 Å². The number of fused-ring (bicyclic) bond motifs is 1. The summed E-state index contributed by atoms with van der Waals surface area (Å²) in [6.45, 7) is 3.57. The molecule has 4 heteroatoms. The Morgan fingerprint density at radius 2 is 2.38 bits per heavy atom. The number of hydrogen-bond acceptors (Lipinski definition) is 4. The number of ether oxygens (including phenoxy) is 3. The van der Waals surface area contributed by atoms with Crippen LogP contribution in [-0.4, -0.2) is 32.2 Å². The van der Waals surface area contributed by atoms with Gasteiger partial charge < -0.3 is 14.2 Å². The number of aldehydes is 1. The molecule has 0 aromatic heterocycles. The van der Waals surface area contributed by atoms with Crippen LogP contribution in [0.3, 0.4) is 0 Å². The van der Waals surface area contributed by atoms with E-state index in [4.69, 9.17) is 14.2 Å². The summed E-state index contributed by atoms with van der Waals surface area (Å²) in [5.41, 5.74) is 0.583. The molecule has 1 aromatic rings. The smallest absolute Gasteiger partial charge is 0.162 e. The van der Waals surface area contributed by atoms with Gasteiger partial charge in [0.1, 0.15) is 12.9 Å². The van der Waals surface area contributed by atoms with E-state index in [0.717, 1.165) is 6.29 Å². The maximum Gasteiger partial charge on any atom is 0.162 e. The van der Waals surface area contributed by atoms with E-state index in [2.05, 4.69) is 0 Å². The molecule has 4 nitrogen and oxygen atoms in total. The molecule has 0 aliphatic carbocycles. The van der Waals surface area contributed by atoms with Gasteiger partial charge in [0.05, 0.1) is 6.61 Å². The Hall–Kier alpha value is -1.55. The molecule has 16 heavy (non-hydrogen) atoms. The van der Waals surface area contributed by atoms with Gasteiger partial charge in [0, 0.05) is 12.2 Å². The fourth-order valence-electron chi connectivity index (χ4n) is 1.54. The zero-order valence-electron chi connectivity index (χ0n) is 9.14. The van der Waals surface area contributed by atoms with Gasteiger partial charge in [-0.15, -0.1) is 0 Å². The van der Waals surface area contributed by atoms with Gasteiger partial charge in [0.2, 0.25) is 0 Å². The SMILES string of the molecule is CCOCC1COc2ccc(C=O)cc2O1. The van der Waals surface area contributed by atoms with Crippen LogP contribution in [0.15, 0.2) is 18.2 Å². The summed E-state index contributed by atoms with van der Waals surface area (Å²) >= 11 is 0. The van der Waals surface area contributed by atoms with Crippen molar-refractivity contribution in [3.63, 3.8) is 0 Å². The van der Waals surface area contributed by atoms with Gasteiger partial charge in [-0.2, -0.15) is 0 Å². The second-order valence-corrected chi connectivity index (χ2v) is 3.53. The minimum absolute atomic E-state index is 0.102. The fourth-order valence-corrected chi connectivity index (χ4v) is 1.54. The molecule has 0 fully saturated rings. The highest BCUT2D eigenvalue weighted by atomic mass is 16.6. The topological polar surface area (TPSA) is 44.8 Å². The molecular weight excluding hydrogens is 208 g/mol. The third-order valence-corrected chi connectivity index (χ3v) is 2.33. The second kappa shape index (κ2) is 4.99. The van der Waals surface area contributed by atoms with Gasteiger partial charge in [0.25, 0.3) is 0 Å². The summed E-state index contributed by atoms with van der Waals surface area (Å²) in [6.07, 6.45) is 0.685. The van der Waals surface area contributed by atoms with Crippen molar-refractivity contribution in [3.05, 3.63) is 23.8 Å². The van der Waals surface area contributed by atoms with Gasteiger partial charge in [-0.3, -0.25) is 4.79 Å². The third-order valence-electron chi connectivity index (χ3n) is 2.33. The lowest BCUT2D eigenvalue weighted by atomic mass is 10.2. The first-order valence-electron chi connectivity index (χ1n) is 5.30. The van der Waals surface area contributed by atoms with Crippen LogP contribution in [0.1, 0.15) is 17.3 Å².